The van der Waals surface area contributed by atoms with Gasteiger partial charge >= 0.3 is 0 Å². The van der Waals surface area contributed by atoms with Crippen molar-refractivity contribution in [3.05, 3.63) is 94.2 Å². The fourth-order valence-electron chi connectivity index (χ4n) is 3.85. The van der Waals surface area contributed by atoms with Gasteiger partial charge in [0.05, 0.1) is 33.4 Å². The smallest absolute Gasteiger partial charge is 0.271 e. The maximum absolute atomic E-state index is 13.1. The summed E-state index contributed by atoms with van der Waals surface area (Å²) in [5, 5.41) is 13.0. The Kier molecular flexibility index (Phi) is 8.16. The second kappa shape index (κ2) is 11.2. The van der Waals surface area contributed by atoms with Gasteiger partial charge in [-0.2, -0.15) is 0 Å². The van der Waals surface area contributed by atoms with Crippen LogP contribution in [0.2, 0.25) is 10.0 Å². The number of aromatic nitrogens is 2. The third-order valence-electron chi connectivity index (χ3n) is 5.69. The molecule has 192 valence electrons. The number of halogens is 2. The Labute approximate surface area is 227 Å². The number of aliphatic hydroxyl groups excluding tert-OH is 1. The second-order valence-corrected chi connectivity index (χ2v) is 10.8. The van der Waals surface area contributed by atoms with E-state index in [4.69, 9.17) is 23.2 Å². The highest BCUT2D eigenvalue weighted by molar-refractivity contribution is 7.78. The topological polar surface area (TPSA) is 107 Å². The van der Waals surface area contributed by atoms with Crippen LogP contribution in [0.3, 0.4) is 0 Å². The number of aliphatic hydroxyl groups is 1. The molecule has 4 aromatic rings. The molecule has 1 amide bonds. The van der Waals surface area contributed by atoms with Crippen LogP contribution in [0.5, 0.6) is 0 Å². The summed E-state index contributed by atoms with van der Waals surface area (Å²) in [6.07, 6.45) is 1.51. The van der Waals surface area contributed by atoms with Gasteiger partial charge in [0.25, 0.3) is 5.91 Å². The summed E-state index contributed by atoms with van der Waals surface area (Å²) in [6.45, 7) is 3.08. The lowest BCUT2D eigenvalue weighted by molar-refractivity contribution is 0.0864. The molecule has 2 N–H and O–H groups in total. The summed E-state index contributed by atoms with van der Waals surface area (Å²) >= 11 is 10.6. The minimum Gasteiger partial charge on any atom is -0.772 e. The lowest BCUT2D eigenvalue weighted by Gasteiger charge is -2.22. The average Bonchev–Trinajstić information content (AvgIpc) is 3.29. The van der Waals surface area contributed by atoms with Crippen molar-refractivity contribution in [1.29, 1.82) is 0 Å². The lowest BCUT2D eigenvalue weighted by atomic mass is 10.0. The Morgan fingerprint density at radius 2 is 1.73 bits per heavy atom. The zero-order chi connectivity index (χ0) is 26.7. The largest absolute Gasteiger partial charge is 0.772 e. The van der Waals surface area contributed by atoms with Crippen molar-refractivity contribution in [3.63, 3.8) is 0 Å². The van der Waals surface area contributed by atoms with Crippen molar-refractivity contribution < 1.29 is 18.7 Å². The minimum absolute atomic E-state index is 0.0499. The maximum Gasteiger partial charge on any atom is 0.271 e. The first-order chi connectivity index (χ1) is 17.6. The van der Waals surface area contributed by atoms with Crippen LogP contribution < -0.4 is 5.32 Å². The molecule has 4 rings (SSSR count). The molecular formula is C27H24Cl2N3O4S-. The van der Waals surface area contributed by atoms with E-state index in [-0.39, 0.29) is 23.9 Å². The Balaban J connectivity index is 1.93. The molecule has 1 heterocycles. The second-order valence-electron chi connectivity index (χ2n) is 9.07. The summed E-state index contributed by atoms with van der Waals surface area (Å²) in [5.41, 5.74) is 2.33. The van der Waals surface area contributed by atoms with E-state index >= 15 is 0 Å². The van der Waals surface area contributed by atoms with E-state index in [1.807, 2.05) is 36.4 Å². The summed E-state index contributed by atoms with van der Waals surface area (Å²) in [6, 6.07) is 20.0. The van der Waals surface area contributed by atoms with Crippen LogP contribution in [0.1, 0.15) is 29.9 Å². The highest BCUT2D eigenvalue weighted by Crippen LogP contribution is 2.36. The van der Waals surface area contributed by atoms with Crippen molar-refractivity contribution in [2.45, 2.75) is 25.1 Å². The van der Waals surface area contributed by atoms with Crippen molar-refractivity contribution in [2.24, 2.45) is 0 Å². The normalized spacial score (nSPS) is 12.4. The molecule has 0 radical (unpaired) electrons. The number of carbonyl (C=O) groups is 1. The van der Waals surface area contributed by atoms with E-state index in [1.165, 1.54) is 6.20 Å². The fourth-order valence-corrected chi connectivity index (χ4v) is 4.90. The molecule has 0 fully saturated rings. The van der Waals surface area contributed by atoms with Crippen molar-refractivity contribution in [3.8, 4) is 28.2 Å². The number of nitrogens with zero attached hydrogens (tertiary/aromatic N) is 2. The van der Waals surface area contributed by atoms with E-state index in [0.29, 0.717) is 26.9 Å². The first-order valence-corrected chi connectivity index (χ1v) is 13.3. The molecule has 1 aromatic heterocycles. The van der Waals surface area contributed by atoms with Crippen molar-refractivity contribution >= 4 is 40.2 Å². The van der Waals surface area contributed by atoms with Crippen LogP contribution in [0.4, 0.5) is 0 Å². The standard InChI is InChI=1S/C27H25Cl2N3O4S/c1-27(2,16-33)31-26(34)22-14-32(25(30-22)24-20(28)9-6-10-21(24)29)23-12-11-18(13-19(23)15-37(35)36)17-7-4-3-5-8-17/h3-14,33H,15-16H2,1-2H3,(H,31,34)(H,35,36)/p-1. The number of rotatable bonds is 8. The Morgan fingerprint density at radius 1 is 1.05 bits per heavy atom. The summed E-state index contributed by atoms with van der Waals surface area (Å²) in [7, 11) is 0. The molecule has 0 spiro atoms. The van der Waals surface area contributed by atoms with Crippen LogP contribution >= 0.6 is 23.2 Å². The van der Waals surface area contributed by atoms with Gasteiger partial charge in [-0.1, -0.05) is 76.7 Å². The third-order valence-corrected chi connectivity index (χ3v) is 6.87. The van der Waals surface area contributed by atoms with E-state index in [2.05, 4.69) is 10.3 Å². The fraction of sp³-hybridized carbons (Fsp3) is 0.185. The summed E-state index contributed by atoms with van der Waals surface area (Å²) in [5.74, 6) is -0.506. The predicted octanol–water partition coefficient (Wildman–Crippen LogP) is 5.39. The number of carbonyl (C=O) groups excluding carboxylic acids is 1. The Bertz CT molecular complexity index is 1450. The number of amides is 1. The molecule has 10 heteroatoms. The monoisotopic (exact) mass is 556 g/mol. The first kappa shape index (κ1) is 27.0. The van der Waals surface area contributed by atoms with Gasteiger partial charge in [0.2, 0.25) is 0 Å². The number of hydrogen-bond donors (Lipinski definition) is 2. The molecule has 0 aliphatic rings. The predicted molar refractivity (Wildman–Crippen MR) is 146 cm³/mol. The summed E-state index contributed by atoms with van der Waals surface area (Å²) < 4.78 is 25.2. The minimum atomic E-state index is -2.38. The molecule has 1 unspecified atom stereocenters. The van der Waals surface area contributed by atoms with Gasteiger partial charge in [-0.05, 0) is 54.8 Å². The highest BCUT2D eigenvalue weighted by Gasteiger charge is 2.25. The molecule has 0 bridgehead atoms. The molecule has 3 aromatic carbocycles. The van der Waals surface area contributed by atoms with Crippen molar-refractivity contribution in [1.82, 2.24) is 14.9 Å². The summed E-state index contributed by atoms with van der Waals surface area (Å²) in [4.78, 5) is 17.6. The molecule has 7 nitrogen and oxygen atoms in total. The zero-order valence-corrected chi connectivity index (χ0v) is 22.4. The van der Waals surface area contributed by atoms with Gasteiger partial charge in [0, 0.05) is 11.9 Å². The molecule has 0 saturated heterocycles. The Hall–Kier alpha value is -3.01. The van der Waals surface area contributed by atoms with Crippen LogP contribution in [-0.2, 0) is 16.8 Å². The zero-order valence-electron chi connectivity index (χ0n) is 20.1. The molecule has 0 saturated carbocycles. The van der Waals surface area contributed by atoms with Gasteiger partial charge < -0.3 is 15.0 Å². The van der Waals surface area contributed by atoms with E-state index < -0.39 is 22.5 Å². The lowest BCUT2D eigenvalue weighted by Crippen LogP contribution is -2.46. The molecular weight excluding hydrogens is 533 g/mol. The van der Waals surface area contributed by atoms with Crippen LogP contribution in [0.15, 0.2) is 72.9 Å². The van der Waals surface area contributed by atoms with Gasteiger partial charge in [0.1, 0.15) is 11.5 Å². The van der Waals surface area contributed by atoms with E-state index in [1.54, 1.807) is 48.7 Å². The van der Waals surface area contributed by atoms with Gasteiger partial charge in [-0.15, -0.1) is 0 Å². The van der Waals surface area contributed by atoms with E-state index in [0.717, 1.165) is 11.1 Å². The van der Waals surface area contributed by atoms with Gasteiger partial charge in [-0.3, -0.25) is 13.6 Å². The quantitative estimate of drug-likeness (QED) is 0.283. The highest BCUT2D eigenvalue weighted by atomic mass is 35.5. The van der Waals surface area contributed by atoms with Crippen LogP contribution in [-0.4, -0.2) is 41.5 Å². The number of imidazole rings is 1. The SMILES string of the molecule is CC(C)(CO)NC(=O)c1cn(-c2ccc(-c3ccccc3)cc2CS(=O)[O-])c(-c2c(Cl)cccc2Cl)n1. The van der Waals surface area contributed by atoms with Crippen LogP contribution in [0, 0.1) is 0 Å². The molecule has 37 heavy (non-hydrogen) atoms. The average molecular weight is 557 g/mol. The van der Waals surface area contributed by atoms with E-state index in [9.17, 15) is 18.7 Å². The number of nitrogens with one attached hydrogen (secondary N) is 1. The van der Waals surface area contributed by atoms with Gasteiger partial charge in [-0.25, -0.2) is 4.98 Å². The van der Waals surface area contributed by atoms with Crippen molar-refractivity contribution in [2.75, 3.05) is 6.61 Å². The number of hydrogen-bond acceptors (Lipinski definition) is 5. The third kappa shape index (κ3) is 6.11. The molecule has 1 atom stereocenters. The molecule has 0 aliphatic heterocycles. The van der Waals surface area contributed by atoms with Crippen LogP contribution in [0.25, 0.3) is 28.2 Å². The number of benzene rings is 3. The maximum atomic E-state index is 13.1. The van der Waals surface area contributed by atoms with Gasteiger partial charge in [0.15, 0.2) is 0 Å². The molecule has 0 aliphatic carbocycles. The Morgan fingerprint density at radius 3 is 2.35 bits per heavy atom. The first-order valence-electron chi connectivity index (χ1n) is 11.3.